The third-order valence-corrected chi connectivity index (χ3v) is 12.8. The topological polar surface area (TPSA) is 93.0 Å². The number of allylic oxidation sites excluding steroid dienone is 5. The summed E-state index contributed by atoms with van der Waals surface area (Å²) in [6.45, 7) is 13.9. The van der Waals surface area contributed by atoms with Crippen molar-refractivity contribution in [1.29, 1.82) is 0 Å². The summed E-state index contributed by atoms with van der Waals surface area (Å²) >= 11 is 0. The lowest BCUT2D eigenvalue weighted by molar-refractivity contribution is -0.137. The Hall–Kier alpha value is -3.58. The van der Waals surface area contributed by atoms with E-state index in [4.69, 9.17) is 10.1 Å². The number of hydrogen-bond donors (Lipinski definition) is 1. The van der Waals surface area contributed by atoms with Crippen LogP contribution in [-0.2, 0) is 14.9 Å². The second-order valence-electron chi connectivity index (χ2n) is 13.7. The molecule has 0 saturated carbocycles. The molecular formula is C34H38F5NO5SSi. The Balaban J connectivity index is 2.10. The van der Waals surface area contributed by atoms with Crippen LogP contribution in [0.1, 0.15) is 63.6 Å². The number of aliphatic carboxylic acids is 1. The van der Waals surface area contributed by atoms with Gasteiger partial charge in [0.05, 0.1) is 5.71 Å². The molecule has 1 N–H and O–H groups in total. The van der Waals surface area contributed by atoms with Gasteiger partial charge in [0.25, 0.3) is 0 Å². The van der Waals surface area contributed by atoms with Gasteiger partial charge < -0.3 is 9.29 Å². The maximum Gasteiger partial charge on any atom is 0.534 e. The summed E-state index contributed by atoms with van der Waals surface area (Å²) in [6.07, 6.45) is 4.76. The molecule has 2 aromatic rings. The standard InChI is InChI=1S/C34H38F5NO5SSi/c1-19-11-8-9-12-21(19)29-23-15-22(20(2)18-33(3,4)5)26(40-14-10-13-28(41)42)17-27(23)47(6,7)32-24(29)16-25(35)31(30(32)36)45-46(43,44)34(37,38)39/h8-9,11-12,15-17,20H,10,13-14,18H2,1-7H3,(H,41,42). The molecule has 0 aromatic heterocycles. The molecule has 0 radical (unpaired) electrons. The lowest BCUT2D eigenvalue weighted by atomic mass is 9.78. The van der Waals surface area contributed by atoms with E-state index in [-0.39, 0.29) is 41.5 Å². The van der Waals surface area contributed by atoms with Gasteiger partial charge in [0.2, 0.25) is 5.75 Å². The van der Waals surface area contributed by atoms with Gasteiger partial charge in [-0.3, -0.25) is 9.79 Å². The number of fused-ring (bicyclic) bond motifs is 2. The molecule has 2 aliphatic rings. The van der Waals surface area contributed by atoms with Crippen molar-refractivity contribution in [3.05, 3.63) is 87.2 Å². The minimum Gasteiger partial charge on any atom is -0.481 e. The molecule has 0 fully saturated rings. The number of hydrogen-bond acceptors (Lipinski definition) is 5. The smallest absolute Gasteiger partial charge is 0.481 e. The van der Waals surface area contributed by atoms with Crippen LogP contribution in [0.3, 0.4) is 0 Å². The third-order valence-electron chi connectivity index (χ3n) is 8.35. The van der Waals surface area contributed by atoms with E-state index in [9.17, 15) is 26.4 Å². The summed E-state index contributed by atoms with van der Waals surface area (Å²) in [5, 5.41) is 9.68. The number of aliphatic imine (C=N–C) groups is 1. The lowest BCUT2D eigenvalue weighted by Gasteiger charge is -2.40. The third kappa shape index (κ3) is 7.30. The number of carboxylic acid groups (broad SMARTS) is 1. The Morgan fingerprint density at radius 2 is 1.70 bits per heavy atom. The van der Waals surface area contributed by atoms with E-state index in [1.54, 1.807) is 31.3 Å². The molecule has 1 aliphatic carbocycles. The number of rotatable bonds is 9. The van der Waals surface area contributed by atoms with Gasteiger partial charge in [-0.2, -0.15) is 21.6 Å². The molecule has 0 spiro atoms. The van der Waals surface area contributed by atoms with Crippen LogP contribution < -0.4 is 9.37 Å². The first kappa shape index (κ1) is 36.3. The zero-order chi connectivity index (χ0) is 35.3. The highest BCUT2D eigenvalue weighted by atomic mass is 32.2. The molecule has 0 saturated heterocycles. The molecule has 254 valence electrons. The maximum atomic E-state index is 16.5. The van der Waals surface area contributed by atoms with Crippen LogP contribution >= 0.6 is 0 Å². The zero-order valence-electron chi connectivity index (χ0n) is 27.3. The number of nitrogens with zero attached hydrogens (tertiary/aromatic N) is 1. The molecule has 4 rings (SSSR count). The number of halogens is 5. The summed E-state index contributed by atoms with van der Waals surface area (Å²) in [4.78, 5) is 15.9. The molecule has 47 heavy (non-hydrogen) atoms. The van der Waals surface area contributed by atoms with E-state index in [1.807, 2.05) is 25.1 Å². The molecule has 1 heterocycles. The van der Waals surface area contributed by atoms with E-state index in [1.165, 1.54) is 0 Å². The molecule has 0 amide bonds. The molecule has 1 atom stereocenters. The summed E-state index contributed by atoms with van der Waals surface area (Å²) in [5.41, 5.74) is -1.87. The highest BCUT2D eigenvalue weighted by molar-refractivity contribution is 7.88. The number of carboxylic acids is 1. The predicted molar refractivity (Wildman–Crippen MR) is 175 cm³/mol. The van der Waals surface area contributed by atoms with Crippen molar-refractivity contribution < 1.29 is 44.5 Å². The Kier molecular flexibility index (Phi) is 9.87. The molecule has 1 unspecified atom stereocenters. The van der Waals surface area contributed by atoms with Gasteiger partial charge in [-0.25, -0.2) is 8.78 Å². The van der Waals surface area contributed by atoms with Crippen LogP contribution in [0.25, 0.3) is 5.57 Å². The van der Waals surface area contributed by atoms with E-state index >= 15 is 8.78 Å². The minimum absolute atomic E-state index is 0.0281. The monoisotopic (exact) mass is 695 g/mol. The normalized spacial score (nSPS) is 17.9. The predicted octanol–water partition coefficient (Wildman–Crippen LogP) is 8.02. The molecule has 2 aromatic carbocycles. The average molecular weight is 696 g/mol. The fourth-order valence-electron chi connectivity index (χ4n) is 6.38. The summed E-state index contributed by atoms with van der Waals surface area (Å²) < 4.78 is 99.6. The number of benzene rings is 2. The summed E-state index contributed by atoms with van der Waals surface area (Å²) in [7, 11) is -9.69. The number of carbonyl (C=O) groups is 1. The van der Waals surface area contributed by atoms with Crippen molar-refractivity contribution in [2.45, 2.75) is 72.5 Å². The van der Waals surface area contributed by atoms with Gasteiger partial charge in [0.1, 0.15) is 8.07 Å². The summed E-state index contributed by atoms with van der Waals surface area (Å²) in [5.74, 6) is -5.71. The first-order valence-corrected chi connectivity index (χ1v) is 19.5. The van der Waals surface area contributed by atoms with E-state index < -0.39 is 47.1 Å². The molecular weight excluding hydrogens is 658 g/mol. The van der Waals surface area contributed by atoms with Crippen molar-refractivity contribution in [1.82, 2.24) is 0 Å². The largest absolute Gasteiger partial charge is 0.534 e. The van der Waals surface area contributed by atoms with Crippen molar-refractivity contribution in [2.24, 2.45) is 16.3 Å². The van der Waals surface area contributed by atoms with Crippen LogP contribution in [0.15, 0.2) is 63.8 Å². The summed E-state index contributed by atoms with van der Waals surface area (Å²) in [6, 6.07) is 8.05. The van der Waals surface area contributed by atoms with Crippen LogP contribution in [0.5, 0.6) is 5.75 Å². The second kappa shape index (κ2) is 12.8. The van der Waals surface area contributed by atoms with E-state index in [0.717, 1.165) is 23.6 Å². The Morgan fingerprint density at radius 1 is 1.06 bits per heavy atom. The molecule has 0 bridgehead atoms. The quantitative estimate of drug-likeness (QED) is 0.0944. The second-order valence-corrected chi connectivity index (χ2v) is 19.6. The van der Waals surface area contributed by atoms with Crippen molar-refractivity contribution in [2.75, 3.05) is 6.54 Å². The van der Waals surface area contributed by atoms with Gasteiger partial charge in [-0.15, -0.1) is 0 Å². The van der Waals surface area contributed by atoms with E-state index in [0.29, 0.717) is 27.6 Å². The van der Waals surface area contributed by atoms with Crippen molar-refractivity contribution in [3.8, 4) is 5.75 Å². The Labute approximate surface area is 272 Å². The first-order valence-electron chi connectivity index (χ1n) is 15.1. The van der Waals surface area contributed by atoms with Gasteiger partial charge >= 0.3 is 21.6 Å². The Bertz CT molecular complexity index is 1850. The van der Waals surface area contributed by atoms with Gasteiger partial charge in [0.15, 0.2) is 11.6 Å². The fraction of sp³-hybridized carbons (Fsp3) is 0.412. The van der Waals surface area contributed by atoms with Crippen LogP contribution in [0.2, 0.25) is 13.1 Å². The Morgan fingerprint density at radius 3 is 2.28 bits per heavy atom. The average Bonchev–Trinajstić information content (AvgIpc) is 2.92. The van der Waals surface area contributed by atoms with Gasteiger partial charge in [-0.1, -0.05) is 65.1 Å². The van der Waals surface area contributed by atoms with Crippen molar-refractivity contribution in [3.63, 3.8) is 0 Å². The molecule has 1 aliphatic heterocycles. The number of aryl methyl sites for hydroxylation is 1. The fourth-order valence-corrected chi connectivity index (χ4v) is 10.0. The SMILES string of the molecule is Cc1ccccc1C1=C2C=C(C(C)CC(C)(C)C)C(=NCCCC(=O)O)C=C2[Si](C)(C)c2c1cc(F)c(OS(=O)(=O)C(F)(F)F)c2F. The van der Waals surface area contributed by atoms with Gasteiger partial charge in [0, 0.05) is 13.0 Å². The van der Waals surface area contributed by atoms with Crippen LogP contribution in [0, 0.1) is 29.9 Å². The highest BCUT2D eigenvalue weighted by Gasteiger charge is 2.51. The van der Waals surface area contributed by atoms with Gasteiger partial charge in [-0.05, 0) is 93.1 Å². The minimum atomic E-state index is -6.38. The molecule has 13 heteroatoms. The lowest BCUT2D eigenvalue weighted by Crippen LogP contribution is -2.52. The van der Waals surface area contributed by atoms with Crippen molar-refractivity contribution >= 4 is 40.6 Å². The van der Waals surface area contributed by atoms with Crippen LogP contribution in [-0.4, -0.2) is 45.3 Å². The molecule has 6 nitrogen and oxygen atoms in total. The number of alkyl halides is 3. The first-order chi connectivity index (χ1) is 21.6. The maximum absolute atomic E-state index is 16.5. The van der Waals surface area contributed by atoms with Crippen LogP contribution in [0.4, 0.5) is 22.0 Å². The van der Waals surface area contributed by atoms with E-state index in [2.05, 4.69) is 31.9 Å². The zero-order valence-corrected chi connectivity index (χ0v) is 29.1. The highest BCUT2D eigenvalue weighted by Crippen LogP contribution is 2.46.